The minimum absolute atomic E-state index is 0.287. The third-order valence-electron chi connectivity index (χ3n) is 5.51. The van der Waals surface area contributed by atoms with Gasteiger partial charge in [-0.05, 0) is 66.1 Å². The van der Waals surface area contributed by atoms with Gasteiger partial charge in [0, 0.05) is 12.2 Å². The summed E-state index contributed by atoms with van der Waals surface area (Å²) in [5.74, 6) is -0.287. The highest BCUT2D eigenvalue weighted by molar-refractivity contribution is 5.95. The van der Waals surface area contributed by atoms with Crippen molar-refractivity contribution in [2.24, 2.45) is 0 Å². The Morgan fingerprint density at radius 2 is 1.50 bits per heavy atom. The fourth-order valence-corrected chi connectivity index (χ4v) is 4.08. The SMILES string of the molecule is CCOC(=O)c1ccccc1NCCC=C1c2ccccc2CCc2ccccc21. The van der Waals surface area contributed by atoms with Crippen LogP contribution in [0.4, 0.5) is 5.69 Å². The van der Waals surface area contributed by atoms with Gasteiger partial charge in [-0.15, -0.1) is 0 Å². The molecule has 0 unspecified atom stereocenters. The molecular formula is C27H27NO2. The van der Waals surface area contributed by atoms with Crippen LogP contribution in [-0.4, -0.2) is 19.1 Å². The Morgan fingerprint density at radius 3 is 2.17 bits per heavy atom. The maximum atomic E-state index is 12.2. The summed E-state index contributed by atoms with van der Waals surface area (Å²) in [6.07, 6.45) is 5.31. The molecule has 3 nitrogen and oxygen atoms in total. The molecule has 0 heterocycles. The standard InChI is InChI=1S/C27H27NO2/c1-2-30-27(29)25-14-7-8-16-26(25)28-19-9-15-24-22-12-5-3-10-20(22)17-18-21-11-4-6-13-23(21)24/h3-8,10-16,28H,2,9,17-19H2,1H3. The van der Waals surface area contributed by atoms with E-state index in [1.54, 1.807) is 6.07 Å². The molecule has 4 rings (SSSR count). The predicted molar refractivity (Wildman–Crippen MR) is 123 cm³/mol. The van der Waals surface area contributed by atoms with Crippen LogP contribution >= 0.6 is 0 Å². The van der Waals surface area contributed by atoms with Crippen molar-refractivity contribution in [1.82, 2.24) is 0 Å². The van der Waals surface area contributed by atoms with Gasteiger partial charge >= 0.3 is 5.97 Å². The Kier molecular flexibility index (Phi) is 6.29. The summed E-state index contributed by atoms with van der Waals surface area (Å²) in [5, 5.41) is 3.41. The molecule has 3 heteroatoms. The number of esters is 1. The quantitative estimate of drug-likeness (QED) is 0.416. The normalized spacial score (nSPS) is 12.4. The number of carbonyl (C=O) groups is 1. The lowest BCUT2D eigenvalue weighted by molar-refractivity contribution is 0.0527. The van der Waals surface area contributed by atoms with Crippen molar-refractivity contribution in [2.45, 2.75) is 26.2 Å². The molecule has 152 valence electrons. The second kappa shape index (κ2) is 9.45. The van der Waals surface area contributed by atoms with Gasteiger partial charge in [0.25, 0.3) is 0 Å². The summed E-state index contributed by atoms with van der Waals surface area (Å²) in [6, 6.07) is 24.9. The van der Waals surface area contributed by atoms with E-state index in [9.17, 15) is 4.79 Å². The lowest BCUT2D eigenvalue weighted by atomic mass is 9.93. The van der Waals surface area contributed by atoms with Gasteiger partial charge in [0.05, 0.1) is 12.2 Å². The molecule has 0 amide bonds. The molecule has 0 spiro atoms. The fourth-order valence-electron chi connectivity index (χ4n) is 4.08. The molecular weight excluding hydrogens is 370 g/mol. The molecule has 3 aromatic carbocycles. The van der Waals surface area contributed by atoms with E-state index in [2.05, 4.69) is 59.9 Å². The molecule has 0 bridgehead atoms. The Labute approximate surface area is 178 Å². The van der Waals surface area contributed by atoms with Crippen LogP contribution < -0.4 is 5.32 Å². The zero-order valence-electron chi connectivity index (χ0n) is 17.4. The maximum absolute atomic E-state index is 12.2. The number of anilines is 1. The van der Waals surface area contributed by atoms with E-state index >= 15 is 0 Å². The number of hydrogen-bond donors (Lipinski definition) is 1. The van der Waals surface area contributed by atoms with Crippen LogP contribution in [0.2, 0.25) is 0 Å². The number of hydrogen-bond acceptors (Lipinski definition) is 3. The topological polar surface area (TPSA) is 38.3 Å². The maximum Gasteiger partial charge on any atom is 0.340 e. The highest BCUT2D eigenvalue weighted by atomic mass is 16.5. The molecule has 1 N–H and O–H groups in total. The first-order valence-corrected chi connectivity index (χ1v) is 10.6. The van der Waals surface area contributed by atoms with E-state index in [4.69, 9.17) is 4.74 Å². The first kappa shape index (κ1) is 20.0. The molecule has 0 aliphatic heterocycles. The van der Waals surface area contributed by atoms with Crippen LogP contribution in [0.25, 0.3) is 5.57 Å². The number of rotatable bonds is 6. The van der Waals surface area contributed by atoms with Crippen molar-refractivity contribution in [1.29, 1.82) is 0 Å². The number of aryl methyl sites for hydroxylation is 2. The smallest absolute Gasteiger partial charge is 0.340 e. The number of nitrogens with one attached hydrogen (secondary N) is 1. The second-order valence-electron chi connectivity index (χ2n) is 7.41. The summed E-state index contributed by atoms with van der Waals surface area (Å²) < 4.78 is 5.17. The lowest BCUT2D eigenvalue weighted by Gasteiger charge is -2.13. The fraction of sp³-hybridized carbons (Fsp3) is 0.222. The van der Waals surface area contributed by atoms with Gasteiger partial charge in [-0.2, -0.15) is 0 Å². The monoisotopic (exact) mass is 397 g/mol. The van der Waals surface area contributed by atoms with Gasteiger partial charge in [-0.3, -0.25) is 0 Å². The van der Waals surface area contributed by atoms with Gasteiger partial charge in [0.2, 0.25) is 0 Å². The highest BCUT2D eigenvalue weighted by Crippen LogP contribution is 2.33. The number of carbonyl (C=O) groups excluding carboxylic acids is 1. The van der Waals surface area contributed by atoms with Crippen molar-refractivity contribution < 1.29 is 9.53 Å². The summed E-state index contributed by atoms with van der Waals surface area (Å²) in [5.41, 5.74) is 8.16. The number of benzene rings is 3. The van der Waals surface area contributed by atoms with Gasteiger partial charge < -0.3 is 10.1 Å². The van der Waals surface area contributed by atoms with Crippen molar-refractivity contribution in [3.8, 4) is 0 Å². The van der Waals surface area contributed by atoms with Crippen LogP contribution in [0.1, 0.15) is 46.0 Å². The van der Waals surface area contributed by atoms with Crippen LogP contribution in [0, 0.1) is 0 Å². The average Bonchev–Trinajstić information content (AvgIpc) is 2.94. The zero-order chi connectivity index (χ0) is 20.8. The Bertz CT molecular complexity index is 1020. The summed E-state index contributed by atoms with van der Waals surface area (Å²) in [7, 11) is 0. The highest BCUT2D eigenvalue weighted by Gasteiger charge is 2.17. The third kappa shape index (κ3) is 4.30. The zero-order valence-corrected chi connectivity index (χ0v) is 17.4. The molecule has 0 saturated carbocycles. The van der Waals surface area contributed by atoms with Gasteiger partial charge in [-0.1, -0.05) is 66.7 Å². The number of fused-ring (bicyclic) bond motifs is 2. The van der Waals surface area contributed by atoms with Gasteiger partial charge in [-0.25, -0.2) is 4.79 Å². The van der Waals surface area contributed by atoms with Crippen molar-refractivity contribution in [2.75, 3.05) is 18.5 Å². The van der Waals surface area contributed by atoms with Crippen LogP contribution in [0.5, 0.6) is 0 Å². The Balaban J connectivity index is 1.55. The minimum Gasteiger partial charge on any atom is -0.462 e. The predicted octanol–water partition coefficient (Wildman–Crippen LogP) is 5.90. The molecule has 30 heavy (non-hydrogen) atoms. The average molecular weight is 398 g/mol. The first-order valence-electron chi connectivity index (χ1n) is 10.6. The summed E-state index contributed by atoms with van der Waals surface area (Å²) in [4.78, 5) is 12.2. The Morgan fingerprint density at radius 1 is 0.900 bits per heavy atom. The van der Waals surface area contributed by atoms with Gasteiger partial charge in [0.1, 0.15) is 0 Å². The first-order chi connectivity index (χ1) is 14.8. The minimum atomic E-state index is -0.287. The van der Waals surface area contributed by atoms with Crippen molar-refractivity contribution in [3.05, 3.63) is 107 Å². The van der Waals surface area contributed by atoms with E-state index < -0.39 is 0 Å². The molecule has 0 aromatic heterocycles. The van der Waals surface area contributed by atoms with Crippen LogP contribution in [0.3, 0.4) is 0 Å². The molecule has 1 aliphatic carbocycles. The molecule has 0 saturated heterocycles. The van der Waals surface area contributed by atoms with E-state index in [1.807, 2.05) is 25.1 Å². The van der Waals surface area contributed by atoms with Crippen LogP contribution in [0.15, 0.2) is 78.9 Å². The second-order valence-corrected chi connectivity index (χ2v) is 7.41. The van der Waals surface area contributed by atoms with Crippen molar-refractivity contribution in [3.63, 3.8) is 0 Å². The molecule has 0 radical (unpaired) electrons. The Hall–Kier alpha value is -3.33. The number of para-hydroxylation sites is 1. The van der Waals surface area contributed by atoms with E-state index in [-0.39, 0.29) is 5.97 Å². The molecule has 0 fully saturated rings. The van der Waals surface area contributed by atoms with Crippen molar-refractivity contribution >= 4 is 17.2 Å². The third-order valence-corrected chi connectivity index (χ3v) is 5.51. The molecule has 1 aliphatic rings. The largest absolute Gasteiger partial charge is 0.462 e. The lowest BCUT2D eigenvalue weighted by Crippen LogP contribution is -2.10. The van der Waals surface area contributed by atoms with E-state index in [1.165, 1.54) is 27.8 Å². The van der Waals surface area contributed by atoms with Gasteiger partial charge in [0.15, 0.2) is 0 Å². The summed E-state index contributed by atoms with van der Waals surface area (Å²) >= 11 is 0. The van der Waals surface area contributed by atoms with E-state index in [0.717, 1.165) is 31.5 Å². The van der Waals surface area contributed by atoms with E-state index in [0.29, 0.717) is 12.2 Å². The number of ether oxygens (including phenoxy) is 1. The molecule has 0 atom stereocenters. The van der Waals surface area contributed by atoms with Crippen LogP contribution in [-0.2, 0) is 17.6 Å². The summed E-state index contributed by atoms with van der Waals surface area (Å²) in [6.45, 7) is 2.94. The molecule has 3 aromatic rings.